The predicted molar refractivity (Wildman–Crippen MR) is 149 cm³/mol. The van der Waals surface area contributed by atoms with Gasteiger partial charge in [-0.05, 0) is 49.4 Å². The number of esters is 1. The number of furan rings is 1. The second-order valence-electron chi connectivity index (χ2n) is 8.68. The van der Waals surface area contributed by atoms with E-state index in [2.05, 4.69) is 15.9 Å². The Kier molecular flexibility index (Phi) is 7.74. The maximum absolute atomic E-state index is 13.9. The van der Waals surface area contributed by atoms with Crippen LogP contribution in [0.4, 0.5) is 10.5 Å². The number of ether oxygens (including phenoxy) is 2. The molecule has 0 radical (unpaired) electrons. The van der Waals surface area contributed by atoms with E-state index in [4.69, 9.17) is 13.9 Å². The number of nitrogens with zero attached hydrogens (tertiary/aromatic N) is 2. The van der Waals surface area contributed by atoms with Gasteiger partial charge in [-0.3, -0.25) is 0 Å². The zero-order valence-electron chi connectivity index (χ0n) is 21.0. The fourth-order valence-corrected chi connectivity index (χ4v) is 6.03. The topological polar surface area (TPSA) is 106 Å². The standard InChI is InChI=1S/C28H25BrN2O7S/c1-2-37-27(32)25-23-18-21(10-13-24(23)38-26(25)19-6-4-3-5-7-19)31(28(33)30-14-16-36-17-15-30)39(34,35)22-11-8-20(29)9-12-22/h3-13,18H,2,14-17H2,1H3. The lowest BCUT2D eigenvalue weighted by atomic mass is 10.1. The molecule has 1 saturated heterocycles. The van der Waals surface area contributed by atoms with Crippen LogP contribution in [0.25, 0.3) is 22.3 Å². The number of rotatable bonds is 6. The zero-order chi connectivity index (χ0) is 27.6. The van der Waals surface area contributed by atoms with Gasteiger partial charge in [-0.2, -0.15) is 4.31 Å². The number of amides is 2. The molecule has 0 saturated carbocycles. The summed E-state index contributed by atoms with van der Waals surface area (Å²) in [5.74, 6) is -0.322. The molecule has 0 unspecified atom stereocenters. The number of sulfonamides is 1. The highest BCUT2D eigenvalue weighted by Crippen LogP contribution is 2.37. The van der Waals surface area contributed by atoms with Crippen LogP contribution in [0.2, 0.25) is 0 Å². The van der Waals surface area contributed by atoms with Gasteiger partial charge in [0.15, 0.2) is 0 Å². The molecule has 11 heteroatoms. The van der Waals surface area contributed by atoms with Crippen molar-refractivity contribution in [3.05, 3.63) is 82.8 Å². The quantitative estimate of drug-likeness (QED) is 0.258. The van der Waals surface area contributed by atoms with Crippen LogP contribution in [0.1, 0.15) is 17.3 Å². The number of benzene rings is 3. The second-order valence-corrected chi connectivity index (χ2v) is 11.4. The third-order valence-electron chi connectivity index (χ3n) is 6.23. The van der Waals surface area contributed by atoms with Crippen molar-refractivity contribution >= 4 is 54.6 Å². The summed E-state index contributed by atoms with van der Waals surface area (Å²) in [7, 11) is -4.34. The first-order valence-corrected chi connectivity index (χ1v) is 14.5. The van der Waals surface area contributed by atoms with Crippen LogP contribution in [-0.4, -0.2) is 58.2 Å². The van der Waals surface area contributed by atoms with Crippen molar-refractivity contribution in [2.45, 2.75) is 11.8 Å². The van der Waals surface area contributed by atoms with Crippen LogP contribution in [0.15, 0.2) is 86.6 Å². The first-order chi connectivity index (χ1) is 18.8. The van der Waals surface area contributed by atoms with Crippen molar-refractivity contribution in [1.29, 1.82) is 0 Å². The first kappa shape index (κ1) is 26.9. The number of halogens is 1. The SMILES string of the molecule is CCOC(=O)c1c(-c2ccccc2)oc2ccc(N(C(=O)N3CCOCC3)S(=O)(=O)c3ccc(Br)cc3)cc12. The Morgan fingerprint density at radius 2 is 1.69 bits per heavy atom. The maximum atomic E-state index is 13.9. The summed E-state index contributed by atoms with van der Waals surface area (Å²) in [6, 6.07) is 18.9. The average Bonchev–Trinajstić information content (AvgIpc) is 3.33. The van der Waals surface area contributed by atoms with Gasteiger partial charge in [0.1, 0.15) is 16.9 Å². The van der Waals surface area contributed by atoms with Crippen LogP contribution >= 0.6 is 15.9 Å². The van der Waals surface area contributed by atoms with Gasteiger partial charge in [-0.1, -0.05) is 46.3 Å². The normalized spacial score (nSPS) is 13.8. The van der Waals surface area contributed by atoms with E-state index in [-0.39, 0.29) is 35.8 Å². The van der Waals surface area contributed by atoms with Gasteiger partial charge in [-0.15, -0.1) is 0 Å². The third kappa shape index (κ3) is 5.29. The Balaban J connectivity index is 1.70. The van der Waals surface area contributed by atoms with Crippen molar-refractivity contribution in [1.82, 2.24) is 4.90 Å². The molecule has 0 aliphatic carbocycles. The molecule has 202 valence electrons. The molecule has 0 bridgehead atoms. The van der Waals surface area contributed by atoms with Gasteiger partial charge in [0.2, 0.25) is 0 Å². The molecule has 2 heterocycles. The summed E-state index contributed by atoms with van der Waals surface area (Å²) in [5.41, 5.74) is 1.22. The molecule has 9 nitrogen and oxygen atoms in total. The second kappa shape index (κ2) is 11.2. The van der Waals surface area contributed by atoms with Gasteiger partial charge in [0, 0.05) is 28.5 Å². The van der Waals surface area contributed by atoms with E-state index in [1.54, 1.807) is 37.3 Å². The number of carbonyl (C=O) groups excluding carboxylic acids is 2. The van der Waals surface area contributed by atoms with Crippen molar-refractivity contribution in [3.63, 3.8) is 0 Å². The summed E-state index contributed by atoms with van der Waals surface area (Å²) < 4.78 is 46.1. The number of morpholine rings is 1. The molecule has 0 N–H and O–H groups in total. The largest absolute Gasteiger partial charge is 0.462 e. The van der Waals surface area contributed by atoms with Gasteiger partial charge < -0.3 is 18.8 Å². The van der Waals surface area contributed by atoms with Crippen LogP contribution in [0.3, 0.4) is 0 Å². The zero-order valence-corrected chi connectivity index (χ0v) is 23.4. The minimum Gasteiger partial charge on any atom is -0.462 e. The minimum absolute atomic E-state index is 0.0600. The number of hydrogen-bond donors (Lipinski definition) is 0. The highest BCUT2D eigenvalue weighted by molar-refractivity contribution is 9.10. The predicted octanol–water partition coefficient (Wildman–Crippen LogP) is 5.69. The summed E-state index contributed by atoms with van der Waals surface area (Å²) in [4.78, 5) is 28.3. The van der Waals surface area contributed by atoms with Crippen LogP contribution in [0.5, 0.6) is 0 Å². The smallest absolute Gasteiger partial charge is 0.342 e. The molecule has 2 amide bonds. The van der Waals surface area contributed by atoms with E-state index in [0.29, 0.717) is 40.0 Å². The monoisotopic (exact) mass is 612 g/mol. The molecule has 4 aromatic rings. The van der Waals surface area contributed by atoms with Gasteiger partial charge in [0.25, 0.3) is 10.0 Å². The molecule has 0 spiro atoms. The van der Waals surface area contributed by atoms with Crippen molar-refractivity contribution in [2.24, 2.45) is 0 Å². The Bertz CT molecular complexity index is 1610. The summed E-state index contributed by atoms with van der Waals surface area (Å²) >= 11 is 3.32. The molecule has 1 fully saturated rings. The van der Waals surface area contributed by atoms with Gasteiger partial charge in [-0.25, -0.2) is 18.0 Å². The lowest BCUT2D eigenvalue weighted by Gasteiger charge is -2.32. The van der Waals surface area contributed by atoms with E-state index >= 15 is 0 Å². The average molecular weight is 613 g/mol. The summed E-state index contributed by atoms with van der Waals surface area (Å²) in [6.07, 6.45) is 0. The highest BCUT2D eigenvalue weighted by atomic mass is 79.9. The van der Waals surface area contributed by atoms with Crippen LogP contribution < -0.4 is 4.31 Å². The van der Waals surface area contributed by atoms with E-state index in [1.807, 2.05) is 18.2 Å². The van der Waals surface area contributed by atoms with Crippen molar-refractivity contribution in [2.75, 3.05) is 37.2 Å². The fraction of sp³-hybridized carbons (Fsp3) is 0.214. The Morgan fingerprint density at radius 3 is 2.36 bits per heavy atom. The van der Waals surface area contributed by atoms with E-state index in [9.17, 15) is 18.0 Å². The Hall–Kier alpha value is -3.67. The van der Waals surface area contributed by atoms with Crippen LogP contribution in [0, 0.1) is 0 Å². The van der Waals surface area contributed by atoms with E-state index in [1.165, 1.54) is 29.2 Å². The number of hydrogen-bond acceptors (Lipinski definition) is 7. The van der Waals surface area contributed by atoms with E-state index in [0.717, 1.165) is 4.31 Å². The number of anilines is 1. The third-order valence-corrected chi connectivity index (χ3v) is 8.47. The molecule has 1 aromatic heterocycles. The van der Waals surface area contributed by atoms with E-state index < -0.39 is 22.0 Å². The fourth-order valence-electron chi connectivity index (χ4n) is 4.36. The highest BCUT2D eigenvalue weighted by Gasteiger charge is 2.36. The molecular weight excluding hydrogens is 588 g/mol. The Morgan fingerprint density at radius 1 is 1.00 bits per heavy atom. The number of carbonyl (C=O) groups is 2. The summed E-state index contributed by atoms with van der Waals surface area (Å²) in [5, 5.41) is 0.329. The van der Waals surface area contributed by atoms with Crippen molar-refractivity contribution < 1.29 is 31.9 Å². The molecule has 3 aromatic carbocycles. The molecule has 0 atom stereocenters. The number of urea groups is 1. The van der Waals surface area contributed by atoms with Gasteiger partial charge >= 0.3 is 12.0 Å². The van der Waals surface area contributed by atoms with Crippen LogP contribution in [-0.2, 0) is 19.5 Å². The molecule has 1 aliphatic rings. The molecule has 1 aliphatic heterocycles. The molecule has 39 heavy (non-hydrogen) atoms. The van der Waals surface area contributed by atoms with Crippen molar-refractivity contribution in [3.8, 4) is 11.3 Å². The lowest BCUT2D eigenvalue weighted by molar-refractivity contribution is 0.0528. The lowest BCUT2D eigenvalue weighted by Crippen LogP contribution is -2.50. The Labute approximate surface area is 234 Å². The summed E-state index contributed by atoms with van der Waals surface area (Å²) in [6.45, 7) is 2.91. The molecule has 5 rings (SSSR count). The number of fused-ring (bicyclic) bond motifs is 1. The van der Waals surface area contributed by atoms with Gasteiger partial charge in [0.05, 0.1) is 30.4 Å². The molecular formula is C28H25BrN2O7S. The minimum atomic E-state index is -4.34. The first-order valence-electron chi connectivity index (χ1n) is 12.3. The maximum Gasteiger partial charge on any atom is 0.342 e.